The van der Waals surface area contributed by atoms with Crippen LogP contribution >= 0.6 is 0 Å². The predicted octanol–water partition coefficient (Wildman–Crippen LogP) is 3.63. The van der Waals surface area contributed by atoms with Gasteiger partial charge in [0.25, 0.3) is 0 Å². The average molecular weight is 415 g/mol. The SMILES string of the molecule is Nc1nc(OCc2ccncc2)nc2c1ccn2Cc1ccc(CN2CCCC2)cc1. The summed E-state index contributed by atoms with van der Waals surface area (Å²) >= 11 is 0. The highest BCUT2D eigenvalue weighted by Crippen LogP contribution is 2.23. The van der Waals surface area contributed by atoms with Gasteiger partial charge in [0.2, 0.25) is 0 Å². The van der Waals surface area contributed by atoms with E-state index in [0.717, 1.165) is 23.1 Å². The first-order valence-electron chi connectivity index (χ1n) is 10.7. The number of nitrogens with zero attached hydrogens (tertiary/aromatic N) is 5. The number of benzene rings is 1. The summed E-state index contributed by atoms with van der Waals surface area (Å²) in [6, 6.07) is 14.9. The van der Waals surface area contributed by atoms with Gasteiger partial charge in [0.05, 0.1) is 5.39 Å². The number of pyridine rings is 1. The fraction of sp³-hybridized carbons (Fsp3) is 0.292. The molecule has 4 aromatic rings. The zero-order chi connectivity index (χ0) is 21.0. The van der Waals surface area contributed by atoms with E-state index in [9.17, 15) is 0 Å². The normalized spacial score (nSPS) is 14.3. The van der Waals surface area contributed by atoms with Gasteiger partial charge in [-0.3, -0.25) is 9.88 Å². The van der Waals surface area contributed by atoms with Crippen LogP contribution in [0.4, 0.5) is 5.82 Å². The maximum Gasteiger partial charge on any atom is 0.320 e. The second-order valence-electron chi connectivity index (χ2n) is 8.02. The molecule has 158 valence electrons. The lowest BCUT2D eigenvalue weighted by Crippen LogP contribution is -2.18. The highest BCUT2D eigenvalue weighted by atomic mass is 16.5. The molecule has 0 radical (unpaired) electrons. The third-order valence-corrected chi connectivity index (χ3v) is 5.73. The Labute approximate surface area is 181 Å². The zero-order valence-electron chi connectivity index (χ0n) is 17.4. The van der Waals surface area contributed by atoms with Gasteiger partial charge in [-0.05, 0) is 60.8 Å². The molecular weight excluding hydrogens is 388 g/mol. The van der Waals surface area contributed by atoms with Gasteiger partial charge in [0.15, 0.2) is 0 Å². The van der Waals surface area contributed by atoms with Crippen molar-refractivity contribution in [3.05, 3.63) is 77.7 Å². The number of ether oxygens (including phenoxy) is 1. The maximum absolute atomic E-state index is 6.17. The fourth-order valence-corrected chi connectivity index (χ4v) is 4.03. The molecular formula is C24H26N6O. The van der Waals surface area contributed by atoms with Crippen molar-refractivity contribution in [3.8, 4) is 6.01 Å². The smallest absolute Gasteiger partial charge is 0.320 e. The van der Waals surface area contributed by atoms with Crippen LogP contribution in [0.25, 0.3) is 11.0 Å². The van der Waals surface area contributed by atoms with E-state index >= 15 is 0 Å². The number of anilines is 1. The van der Waals surface area contributed by atoms with Gasteiger partial charge >= 0.3 is 6.01 Å². The molecule has 0 aliphatic carbocycles. The van der Waals surface area contributed by atoms with Crippen LogP contribution in [0, 0.1) is 0 Å². The van der Waals surface area contributed by atoms with E-state index in [1.54, 1.807) is 12.4 Å². The van der Waals surface area contributed by atoms with E-state index in [-0.39, 0.29) is 6.01 Å². The van der Waals surface area contributed by atoms with Gasteiger partial charge in [0.1, 0.15) is 18.1 Å². The minimum atomic E-state index is 0.280. The van der Waals surface area contributed by atoms with Gasteiger partial charge < -0.3 is 15.0 Å². The summed E-state index contributed by atoms with van der Waals surface area (Å²) in [4.78, 5) is 15.5. The molecule has 0 atom stereocenters. The molecule has 2 N–H and O–H groups in total. The van der Waals surface area contributed by atoms with Crippen molar-refractivity contribution in [2.45, 2.75) is 32.5 Å². The van der Waals surface area contributed by atoms with Crippen LogP contribution < -0.4 is 10.5 Å². The van der Waals surface area contributed by atoms with Crippen LogP contribution in [0.3, 0.4) is 0 Å². The van der Waals surface area contributed by atoms with E-state index in [4.69, 9.17) is 10.5 Å². The summed E-state index contributed by atoms with van der Waals surface area (Å²) in [5.74, 6) is 0.425. The number of fused-ring (bicyclic) bond motifs is 1. The molecule has 1 aliphatic rings. The number of likely N-dealkylation sites (tertiary alicyclic amines) is 1. The molecule has 7 heteroatoms. The number of rotatable bonds is 7. The summed E-state index contributed by atoms with van der Waals surface area (Å²) in [6.45, 7) is 4.54. The molecule has 3 aromatic heterocycles. The van der Waals surface area contributed by atoms with Gasteiger partial charge in [0, 0.05) is 31.7 Å². The molecule has 0 amide bonds. The third-order valence-electron chi connectivity index (χ3n) is 5.73. The molecule has 4 heterocycles. The Hall–Kier alpha value is -3.45. The lowest BCUT2D eigenvalue weighted by Gasteiger charge is -2.15. The Morgan fingerprint density at radius 3 is 2.29 bits per heavy atom. The number of hydrogen-bond donors (Lipinski definition) is 1. The molecule has 0 spiro atoms. The molecule has 5 rings (SSSR count). The van der Waals surface area contributed by atoms with Crippen molar-refractivity contribution in [2.24, 2.45) is 0 Å². The lowest BCUT2D eigenvalue weighted by molar-refractivity contribution is 0.282. The van der Waals surface area contributed by atoms with Gasteiger partial charge in [-0.25, -0.2) is 0 Å². The summed E-state index contributed by atoms with van der Waals surface area (Å²) in [6.07, 6.45) is 8.11. The van der Waals surface area contributed by atoms with Crippen molar-refractivity contribution in [1.82, 2.24) is 24.4 Å². The predicted molar refractivity (Wildman–Crippen MR) is 121 cm³/mol. The first-order chi connectivity index (χ1) is 15.2. The van der Waals surface area contributed by atoms with Crippen LogP contribution in [0.1, 0.15) is 29.5 Å². The summed E-state index contributed by atoms with van der Waals surface area (Å²) < 4.78 is 7.87. The largest absolute Gasteiger partial charge is 0.458 e. The monoisotopic (exact) mass is 414 g/mol. The summed E-state index contributed by atoms with van der Waals surface area (Å²) in [5.41, 5.74) is 10.5. The number of nitrogen functional groups attached to an aromatic ring is 1. The standard InChI is InChI=1S/C24H26N6O/c25-22-21-9-14-30(16-19-5-3-18(4-6-19)15-29-12-1-2-13-29)23(21)28-24(27-22)31-17-20-7-10-26-11-8-20/h3-11,14H,1-2,12-13,15-17H2,(H2,25,27,28). The van der Waals surface area contributed by atoms with Crippen molar-refractivity contribution in [3.63, 3.8) is 0 Å². The van der Waals surface area contributed by atoms with Crippen LogP contribution in [0.15, 0.2) is 61.1 Å². The zero-order valence-corrected chi connectivity index (χ0v) is 17.4. The van der Waals surface area contributed by atoms with Crippen LogP contribution in [0.2, 0.25) is 0 Å². The fourth-order valence-electron chi connectivity index (χ4n) is 4.03. The average Bonchev–Trinajstić information content (AvgIpc) is 3.45. The molecule has 0 unspecified atom stereocenters. The Bertz CT molecular complexity index is 1150. The third kappa shape index (κ3) is 4.51. The van der Waals surface area contributed by atoms with Gasteiger partial charge in [-0.1, -0.05) is 24.3 Å². The van der Waals surface area contributed by atoms with Crippen LogP contribution in [-0.2, 0) is 19.7 Å². The van der Waals surface area contributed by atoms with Crippen molar-refractivity contribution < 1.29 is 4.74 Å². The summed E-state index contributed by atoms with van der Waals surface area (Å²) in [5, 5.41) is 0.835. The minimum Gasteiger partial charge on any atom is -0.458 e. The van der Waals surface area contributed by atoms with Gasteiger partial charge in [-0.15, -0.1) is 0 Å². The Morgan fingerprint density at radius 1 is 0.839 bits per heavy atom. The number of nitrogens with two attached hydrogens (primary N) is 1. The summed E-state index contributed by atoms with van der Waals surface area (Å²) in [7, 11) is 0. The van der Waals surface area contributed by atoms with E-state index in [2.05, 4.69) is 48.7 Å². The van der Waals surface area contributed by atoms with Crippen molar-refractivity contribution >= 4 is 16.9 Å². The number of aromatic nitrogens is 4. The first-order valence-corrected chi connectivity index (χ1v) is 10.7. The molecule has 1 aromatic carbocycles. The molecule has 7 nitrogen and oxygen atoms in total. The Balaban J connectivity index is 1.31. The Morgan fingerprint density at radius 2 is 1.55 bits per heavy atom. The maximum atomic E-state index is 6.17. The van der Waals surface area contributed by atoms with Crippen molar-refractivity contribution in [2.75, 3.05) is 18.8 Å². The van der Waals surface area contributed by atoms with Gasteiger partial charge in [-0.2, -0.15) is 9.97 Å². The molecule has 1 fully saturated rings. The molecule has 0 bridgehead atoms. The second-order valence-corrected chi connectivity index (χ2v) is 8.02. The molecule has 0 saturated carbocycles. The second kappa shape index (κ2) is 8.73. The van der Waals surface area contributed by atoms with E-state index in [0.29, 0.717) is 19.0 Å². The van der Waals surface area contributed by atoms with E-state index in [1.807, 2.05) is 24.4 Å². The molecule has 1 aliphatic heterocycles. The molecule has 31 heavy (non-hydrogen) atoms. The quantitative estimate of drug-likeness (QED) is 0.497. The van der Waals surface area contributed by atoms with Crippen LogP contribution in [0.5, 0.6) is 6.01 Å². The van der Waals surface area contributed by atoms with Crippen LogP contribution in [-0.4, -0.2) is 37.5 Å². The molecule has 1 saturated heterocycles. The Kier molecular flexibility index (Phi) is 5.50. The van der Waals surface area contributed by atoms with Crippen molar-refractivity contribution in [1.29, 1.82) is 0 Å². The minimum absolute atomic E-state index is 0.280. The topological polar surface area (TPSA) is 82.1 Å². The van der Waals surface area contributed by atoms with E-state index in [1.165, 1.54) is 37.1 Å². The lowest BCUT2D eigenvalue weighted by atomic mass is 10.1. The number of hydrogen-bond acceptors (Lipinski definition) is 6. The highest BCUT2D eigenvalue weighted by molar-refractivity contribution is 5.86. The highest BCUT2D eigenvalue weighted by Gasteiger charge is 2.13. The van der Waals surface area contributed by atoms with E-state index < -0.39 is 0 Å². The first kappa shape index (κ1) is 19.5.